The van der Waals surface area contributed by atoms with E-state index in [1.165, 1.54) is 0 Å². The fourth-order valence-corrected chi connectivity index (χ4v) is 5.07. The predicted molar refractivity (Wildman–Crippen MR) is 129 cm³/mol. The molecule has 0 unspecified atom stereocenters. The predicted octanol–water partition coefficient (Wildman–Crippen LogP) is 4.25. The topological polar surface area (TPSA) is 87.5 Å². The highest BCUT2D eigenvalue weighted by Crippen LogP contribution is 2.41. The molecule has 6 rings (SSSR count). The van der Waals surface area contributed by atoms with Crippen LogP contribution in [0.1, 0.15) is 46.0 Å². The molecule has 0 amide bonds. The van der Waals surface area contributed by atoms with Crippen LogP contribution in [0.4, 0.5) is 0 Å². The summed E-state index contributed by atoms with van der Waals surface area (Å²) < 4.78 is 13.0. The number of rotatable bonds is 3. The van der Waals surface area contributed by atoms with Crippen LogP contribution in [-0.4, -0.2) is 21.5 Å². The average molecular weight is 466 g/mol. The number of fused-ring (bicyclic) bond motifs is 5. The van der Waals surface area contributed by atoms with Crippen LogP contribution in [0.15, 0.2) is 65.5 Å². The smallest absolute Gasteiger partial charge is 0.355 e. The number of hydrogen-bond acceptors (Lipinski definition) is 6. The number of benzene rings is 2. The Labute approximate surface area is 200 Å². The Bertz CT molecular complexity index is 1620. The van der Waals surface area contributed by atoms with E-state index in [0.717, 1.165) is 22.0 Å². The molecule has 4 aromatic rings. The number of carbonyl (C=O) groups is 2. The maximum atomic E-state index is 13.6. The van der Waals surface area contributed by atoms with E-state index in [9.17, 15) is 14.4 Å². The number of pyridine rings is 2. The molecule has 2 aliphatic rings. The number of cyclic esters (lactones) is 1. The molecule has 7 nitrogen and oxygen atoms in total. The molecule has 2 aromatic carbocycles. The minimum atomic E-state index is -1.72. The highest BCUT2D eigenvalue weighted by molar-refractivity contribution is 5.94. The van der Waals surface area contributed by atoms with Crippen molar-refractivity contribution in [2.75, 3.05) is 0 Å². The Hall–Kier alpha value is -4.26. The molecule has 0 fully saturated rings. The zero-order valence-electron chi connectivity index (χ0n) is 19.3. The third-order valence-electron chi connectivity index (χ3n) is 6.91. The number of hydrogen-bond donors (Lipinski definition) is 0. The first-order valence-electron chi connectivity index (χ1n) is 11.5. The highest BCUT2D eigenvalue weighted by Gasteiger charge is 2.50. The molecule has 2 aromatic heterocycles. The van der Waals surface area contributed by atoms with Crippen molar-refractivity contribution < 1.29 is 19.1 Å². The van der Waals surface area contributed by atoms with Crippen LogP contribution in [0.5, 0.6) is 0 Å². The summed E-state index contributed by atoms with van der Waals surface area (Å²) >= 11 is 0. The second-order valence-electron chi connectivity index (χ2n) is 9.02. The molecule has 0 N–H and O–H groups in total. The third-order valence-corrected chi connectivity index (χ3v) is 6.91. The van der Waals surface area contributed by atoms with Gasteiger partial charge in [0.2, 0.25) is 5.60 Å². The number of carbonyl (C=O) groups excluding carboxylic acids is 2. The van der Waals surface area contributed by atoms with Crippen molar-refractivity contribution >= 4 is 22.8 Å². The van der Waals surface area contributed by atoms with Crippen molar-refractivity contribution in [1.82, 2.24) is 9.55 Å². The lowest BCUT2D eigenvalue weighted by atomic mass is 9.85. The van der Waals surface area contributed by atoms with Gasteiger partial charge in [-0.25, -0.2) is 14.6 Å². The zero-order chi connectivity index (χ0) is 24.3. The van der Waals surface area contributed by atoms with E-state index in [1.54, 1.807) is 35.8 Å². The number of para-hydroxylation sites is 1. The maximum Gasteiger partial charge on any atom is 0.355 e. The van der Waals surface area contributed by atoms with Gasteiger partial charge in [0, 0.05) is 16.5 Å². The van der Waals surface area contributed by atoms with Crippen molar-refractivity contribution in [3.63, 3.8) is 0 Å². The summed E-state index contributed by atoms with van der Waals surface area (Å²) in [5.41, 5.74) is 2.97. The van der Waals surface area contributed by atoms with Crippen molar-refractivity contribution in [3.8, 4) is 11.4 Å². The molecular weight excluding hydrogens is 444 g/mol. The number of esters is 2. The summed E-state index contributed by atoms with van der Waals surface area (Å²) in [5, 5.41) is 0.991. The van der Waals surface area contributed by atoms with Crippen LogP contribution < -0.4 is 5.56 Å². The maximum absolute atomic E-state index is 13.6. The van der Waals surface area contributed by atoms with Crippen LogP contribution in [0.3, 0.4) is 0 Å². The lowest BCUT2D eigenvalue weighted by molar-refractivity contribution is -0.173. The van der Waals surface area contributed by atoms with E-state index < -0.39 is 17.5 Å². The molecule has 4 heterocycles. The number of aryl methyl sites for hydroxylation is 1. The van der Waals surface area contributed by atoms with Gasteiger partial charge in [-0.2, -0.15) is 0 Å². The molecule has 7 heteroatoms. The van der Waals surface area contributed by atoms with Gasteiger partial charge in [-0.05, 0) is 43.7 Å². The summed E-state index contributed by atoms with van der Waals surface area (Å²) in [7, 11) is 0. The normalized spacial score (nSPS) is 17.9. The highest BCUT2D eigenvalue weighted by atomic mass is 16.6. The molecule has 0 aliphatic carbocycles. The first-order chi connectivity index (χ1) is 16.9. The van der Waals surface area contributed by atoms with Crippen molar-refractivity contribution in [2.45, 2.75) is 39.0 Å². The fraction of sp³-hybridized carbons (Fsp3) is 0.214. The van der Waals surface area contributed by atoms with Crippen molar-refractivity contribution in [3.05, 3.63) is 98.8 Å². The van der Waals surface area contributed by atoms with Gasteiger partial charge in [0.15, 0.2) is 0 Å². The van der Waals surface area contributed by atoms with Gasteiger partial charge in [0.1, 0.15) is 6.61 Å². The van der Waals surface area contributed by atoms with Crippen LogP contribution >= 0.6 is 0 Å². The summed E-state index contributed by atoms with van der Waals surface area (Å²) in [6.45, 7) is 3.83. The van der Waals surface area contributed by atoms with E-state index in [2.05, 4.69) is 0 Å². The number of ether oxygens (including phenoxy) is 2. The SMILES string of the molecule is CC[C@@]1(OC(=O)c2cccc(C)c2)C(=O)OCc2c1cc1n(c2=O)Cc2cc3ccccc3nc2-1. The molecule has 0 saturated heterocycles. The summed E-state index contributed by atoms with van der Waals surface area (Å²) in [4.78, 5) is 44.7. The first-order valence-corrected chi connectivity index (χ1v) is 11.5. The minimum absolute atomic E-state index is 0.122. The second-order valence-corrected chi connectivity index (χ2v) is 9.02. The van der Waals surface area contributed by atoms with Gasteiger partial charge in [-0.3, -0.25) is 4.79 Å². The lowest BCUT2D eigenvalue weighted by Crippen LogP contribution is -2.47. The minimum Gasteiger partial charge on any atom is -0.457 e. The molecule has 1 atom stereocenters. The summed E-state index contributed by atoms with van der Waals surface area (Å²) in [5.74, 6) is -1.33. The van der Waals surface area contributed by atoms with Crippen LogP contribution in [0.25, 0.3) is 22.3 Å². The first kappa shape index (κ1) is 21.3. The van der Waals surface area contributed by atoms with Crippen LogP contribution in [0.2, 0.25) is 0 Å². The summed E-state index contributed by atoms with van der Waals surface area (Å²) in [6.07, 6.45) is 0.122. The molecule has 0 radical (unpaired) electrons. The Morgan fingerprint density at radius 3 is 2.74 bits per heavy atom. The molecule has 35 heavy (non-hydrogen) atoms. The summed E-state index contributed by atoms with van der Waals surface area (Å²) in [6, 6.07) is 18.5. The van der Waals surface area contributed by atoms with Gasteiger partial charge in [0.25, 0.3) is 5.56 Å². The van der Waals surface area contributed by atoms with Crippen LogP contribution in [-0.2, 0) is 33.0 Å². The molecule has 174 valence electrons. The molecule has 2 aliphatic heterocycles. The number of aromatic nitrogens is 2. The average Bonchev–Trinajstić information content (AvgIpc) is 3.22. The largest absolute Gasteiger partial charge is 0.457 e. The monoisotopic (exact) mass is 466 g/mol. The Kier molecular flexibility index (Phi) is 4.64. The molecule has 0 spiro atoms. The second kappa shape index (κ2) is 7.63. The number of nitrogens with zero attached hydrogens (tertiary/aromatic N) is 2. The van der Waals surface area contributed by atoms with Crippen LogP contribution in [0, 0.1) is 6.92 Å². The van der Waals surface area contributed by atoms with E-state index in [4.69, 9.17) is 14.5 Å². The molecular formula is C28H22N2O5. The van der Waals surface area contributed by atoms with Gasteiger partial charge >= 0.3 is 11.9 Å². The Morgan fingerprint density at radius 2 is 1.94 bits per heavy atom. The lowest BCUT2D eigenvalue weighted by Gasteiger charge is -2.35. The standard InChI is InChI=1S/C28H22N2O5/c1-3-28(35-26(32)18-9-6-7-16(2)11-18)21-13-23-24-19(12-17-8-4-5-10-22(17)29-24)14-30(23)25(31)20(21)15-34-27(28)33/h4-13H,3,14-15H2,1-2H3/t28-/m0/s1. The van der Waals surface area contributed by atoms with Crippen molar-refractivity contribution in [2.24, 2.45) is 0 Å². The van der Waals surface area contributed by atoms with Gasteiger partial charge in [-0.1, -0.05) is 42.8 Å². The fourth-order valence-electron chi connectivity index (χ4n) is 5.07. The van der Waals surface area contributed by atoms with Gasteiger partial charge in [0.05, 0.1) is 34.6 Å². The Balaban J connectivity index is 1.53. The zero-order valence-corrected chi connectivity index (χ0v) is 19.3. The quantitative estimate of drug-likeness (QED) is 0.370. The van der Waals surface area contributed by atoms with Gasteiger partial charge in [-0.15, -0.1) is 0 Å². The van der Waals surface area contributed by atoms with E-state index in [0.29, 0.717) is 34.6 Å². The van der Waals surface area contributed by atoms with Crippen molar-refractivity contribution in [1.29, 1.82) is 0 Å². The Morgan fingerprint density at radius 1 is 1.11 bits per heavy atom. The molecule has 0 saturated carbocycles. The van der Waals surface area contributed by atoms with E-state index in [1.807, 2.05) is 43.3 Å². The van der Waals surface area contributed by atoms with E-state index >= 15 is 0 Å². The van der Waals surface area contributed by atoms with Gasteiger partial charge < -0.3 is 14.0 Å². The molecule has 0 bridgehead atoms. The van der Waals surface area contributed by atoms with E-state index in [-0.39, 0.29) is 18.6 Å². The third kappa shape index (κ3) is 3.11.